The van der Waals surface area contributed by atoms with Crippen molar-refractivity contribution in [3.63, 3.8) is 0 Å². The molecule has 0 unspecified atom stereocenters. The summed E-state index contributed by atoms with van der Waals surface area (Å²) in [7, 11) is 0. The fourth-order valence-electron chi connectivity index (χ4n) is 2.85. The predicted octanol–water partition coefficient (Wildman–Crippen LogP) is 4.86. The molecule has 0 saturated carbocycles. The number of hydrogen-bond acceptors (Lipinski definition) is 1. The van der Waals surface area contributed by atoms with Gasteiger partial charge in [0, 0.05) is 17.4 Å². The zero-order chi connectivity index (χ0) is 14.8. The van der Waals surface area contributed by atoms with Crippen LogP contribution in [0.4, 0.5) is 0 Å². The van der Waals surface area contributed by atoms with Gasteiger partial charge in [0.15, 0.2) is 0 Å². The second-order valence-electron chi connectivity index (χ2n) is 5.44. The van der Waals surface area contributed by atoms with Crippen LogP contribution in [0.15, 0.2) is 48.5 Å². The van der Waals surface area contributed by atoms with Crippen molar-refractivity contribution in [2.45, 2.75) is 33.9 Å². The highest BCUT2D eigenvalue weighted by atomic mass is 16.5. The van der Waals surface area contributed by atoms with E-state index in [1.165, 1.54) is 27.7 Å². The molecule has 3 rings (SSSR count). The first-order valence-electron chi connectivity index (χ1n) is 7.47. The van der Waals surface area contributed by atoms with Crippen LogP contribution in [0.5, 0.6) is 5.75 Å². The maximum absolute atomic E-state index is 6.01. The average Bonchev–Trinajstić information content (AvgIpc) is 2.85. The molecule has 21 heavy (non-hydrogen) atoms. The fourth-order valence-corrected chi connectivity index (χ4v) is 2.85. The summed E-state index contributed by atoms with van der Waals surface area (Å²) in [6.07, 6.45) is 0. The van der Waals surface area contributed by atoms with E-state index >= 15 is 0 Å². The van der Waals surface area contributed by atoms with E-state index < -0.39 is 0 Å². The summed E-state index contributed by atoms with van der Waals surface area (Å²) in [6.45, 7) is 7.98. The van der Waals surface area contributed by atoms with Gasteiger partial charge in [0.25, 0.3) is 0 Å². The van der Waals surface area contributed by atoms with Crippen molar-refractivity contribution in [3.8, 4) is 5.75 Å². The molecular formula is C19H21NO. The number of aromatic nitrogens is 1. The van der Waals surface area contributed by atoms with E-state index in [4.69, 9.17) is 4.74 Å². The minimum atomic E-state index is 0.604. The summed E-state index contributed by atoms with van der Waals surface area (Å²) in [5, 5.41) is 1.32. The first kappa shape index (κ1) is 13.7. The molecule has 108 valence electrons. The van der Waals surface area contributed by atoms with E-state index in [0.717, 1.165) is 12.3 Å². The van der Waals surface area contributed by atoms with Gasteiger partial charge in [-0.3, -0.25) is 0 Å². The molecule has 0 fully saturated rings. The lowest BCUT2D eigenvalue weighted by Gasteiger charge is -2.11. The van der Waals surface area contributed by atoms with E-state index in [2.05, 4.69) is 55.7 Å². The average molecular weight is 279 g/mol. The van der Waals surface area contributed by atoms with E-state index in [-0.39, 0.29) is 0 Å². The maximum Gasteiger partial charge on any atom is 0.128 e. The maximum atomic E-state index is 6.01. The van der Waals surface area contributed by atoms with Crippen LogP contribution in [0.2, 0.25) is 0 Å². The Labute approximate surface area is 126 Å². The van der Waals surface area contributed by atoms with Gasteiger partial charge >= 0.3 is 0 Å². The quantitative estimate of drug-likeness (QED) is 0.665. The summed E-state index contributed by atoms with van der Waals surface area (Å²) in [6, 6.07) is 16.9. The molecule has 0 aliphatic rings. The van der Waals surface area contributed by atoms with Crippen molar-refractivity contribution in [1.29, 1.82) is 0 Å². The zero-order valence-corrected chi connectivity index (χ0v) is 12.9. The van der Waals surface area contributed by atoms with Crippen LogP contribution >= 0.6 is 0 Å². The highest BCUT2D eigenvalue weighted by Gasteiger charge is 2.10. The van der Waals surface area contributed by atoms with Crippen molar-refractivity contribution >= 4 is 10.9 Å². The molecule has 0 atom stereocenters. The summed E-state index contributed by atoms with van der Waals surface area (Å²) in [5.74, 6) is 0.960. The van der Waals surface area contributed by atoms with Gasteiger partial charge in [-0.15, -0.1) is 0 Å². The van der Waals surface area contributed by atoms with E-state index in [1.807, 2.05) is 18.2 Å². The van der Waals surface area contributed by atoms with Crippen LogP contribution < -0.4 is 4.74 Å². The molecule has 1 aromatic heterocycles. The second-order valence-corrected chi connectivity index (χ2v) is 5.44. The van der Waals surface area contributed by atoms with Gasteiger partial charge in [0.2, 0.25) is 0 Å². The second kappa shape index (κ2) is 5.65. The van der Waals surface area contributed by atoms with Crippen LogP contribution in [-0.4, -0.2) is 4.57 Å². The van der Waals surface area contributed by atoms with Gasteiger partial charge in [0.05, 0.1) is 5.69 Å². The molecule has 0 aliphatic heterocycles. The Morgan fingerprint density at radius 3 is 2.48 bits per heavy atom. The molecule has 0 amide bonds. The number of nitrogens with zero attached hydrogens (tertiary/aromatic N) is 1. The van der Waals surface area contributed by atoms with Gasteiger partial charge in [-0.1, -0.05) is 30.3 Å². The Kier molecular flexibility index (Phi) is 3.70. The standard InChI is InChI=1S/C19H21NO/c1-4-20-16(12-17-14(2)9-7-10-18(17)20)13-21-19-11-6-5-8-15(19)3/h5-12H,4,13H2,1-3H3. The third-order valence-corrected chi connectivity index (χ3v) is 4.03. The van der Waals surface area contributed by atoms with Gasteiger partial charge in [0.1, 0.15) is 12.4 Å². The Morgan fingerprint density at radius 1 is 0.952 bits per heavy atom. The van der Waals surface area contributed by atoms with Gasteiger partial charge in [-0.2, -0.15) is 0 Å². The van der Waals surface area contributed by atoms with Crippen molar-refractivity contribution < 1.29 is 4.74 Å². The lowest BCUT2D eigenvalue weighted by atomic mass is 10.1. The lowest BCUT2D eigenvalue weighted by Crippen LogP contribution is -2.05. The third kappa shape index (κ3) is 2.54. The molecule has 0 N–H and O–H groups in total. The number of benzene rings is 2. The summed E-state index contributed by atoms with van der Waals surface area (Å²) in [5.41, 5.74) is 5.01. The van der Waals surface area contributed by atoms with Crippen molar-refractivity contribution in [2.75, 3.05) is 0 Å². The van der Waals surface area contributed by atoms with Crippen LogP contribution in [0, 0.1) is 13.8 Å². The van der Waals surface area contributed by atoms with Crippen molar-refractivity contribution in [2.24, 2.45) is 0 Å². The minimum absolute atomic E-state index is 0.604. The topological polar surface area (TPSA) is 14.2 Å². The molecule has 0 bridgehead atoms. The molecule has 2 nitrogen and oxygen atoms in total. The summed E-state index contributed by atoms with van der Waals surface area (Å²) >= 11 is 0. The third-order valence-electron chi connectivity index (χ3n) is 4.03. The number of rotatable bonds is 4. The molecule has 0 spiro atoms. The van der Waals surface area contributed by atoms with E-state index in [9.17, 15) is 0 Å². The normalized spacial score (nSPS) is 11.0. The summed E-state index contributed by atoms with van der Waals surface area (Å²) in [4.78, 5) is 0. The summed E-state index contributed by atoms with van der Waals surface area (Å²) < 4.78 is 8.35. The van der Waals surface area contributed by atoms with Crippen molar-refractivity contribution in [1.82, 2.24) is 4.57 Å². The Hall–Kier alpha value is -2.22. The molecule has 2 heteroatoms. The SMILES string of the molecule is CCn1c(COc2ccccc2C)cc2c(C)cccc21. The molecule has 3 aromatic rings. The van der Waals surface area contributed by atoms with E-state index in [0.29, 0.717) is 6.61 Å². The number of hydrogen-bond donors (Lipinski definition) is 0. The van der Waals surface area contributed by atoms with Crippen LogP contribution in [-0.2, 0) is 13.2 Å². The number of para-hydroxylation sites is 1. The van der Waals surface area contributed by atoms with Crippen molar-refractivity contribution in [3.05, 3.63) is 65.4 Å². The van der Waals surface area contributed by atoms with Gasteiger partial charge < -0.3 is 9.30 Å². The highest BCUT2D eigenvalue weighted by molar-refractivity contribution is 5.84. The number of ether oxygens (including phenoxy) is 1. The van der Waals surface area contributed by atoms with Crippen LogP contribution in [0.1, 0.15) is 23.7 Å². The Bertz CT molecular complexity index is 770. The monoisotopic (exact) mass is 279 g/mol. The Morgan fingerprint density at radius 2 is 1.71 bits per heavy atom. The first-order valence-corrected chi connectivity index (χ1v) is 7.47. The lowest BCUT2D eigenvalue weighted by molar-refractivity contribution is 0.294. The minimum Gasteiger partial charge on any atom is -0.487 e. The van der Waals surface area contributed by atoms with E-state index in [1.54, 1.807) is 0 Å². The first-order chi connectivity index (χ1) is 10.2. The van der Waals surface area contributed by atoms with Gasteiger partial charge in [-0.05, 0) is 50.1 Å². The van der Waals surface area contributed by atoms with Gasteiger partial charge in [-0.25, -0.2) is 0 Å². The molecular weight excluding hydrogens is 258 g/mol. The highest BCUT2D eigenvalue weighted by Crippen LogP contribution is 2.25. The number of aryl methyl sites for hydroxylation is 3. The molecule has 1 heterocycles. The molecule has 0 radical (unpaired) electrons. The van der Waals surface area contributed by atoms with Crippen LogP contribution in [0.25, 0.3) is 10.9 Å². The van der Waals surface area contributed by atoms with Crippen LogP contribution in [0.3, 0.4) is 0 Å². The molecule has 0 aliphatic carbocycles. The molecule has 2 aromatic carbocycles. The largest absolute Gasteiger partial charge is 0.487 e. The fraction of sp³-hybridized carbons (Fsp3) is 0.263. The number of fused-ring (bicyclic) bond motifs is 1. The Balaban J connectivity index is 1.94. The zero-order valence-electron chi connectivity index (χ0n) is 12.9. The predicted molar refractivity (Wildman–Crippen MR) is 87.9 cm³/mol. The smallest absolute Gasteiger partial charge is 0.128 e. The molecule has 0 saturated heterocycles.